The van der Waals surface area contributed by atoms with E-state index in [9.17, 15) is 0 Å². The Morgan fingerprint density at radius 3 is 2.95 bits per heavy atom. The van der Waals surface area contributed by atoms with E-state index >= 15 is 0 Å². The third-order valence-electron chi connectivity index (χ3n) is 3.50. The van der Waals surface area contributed by atoms with Gasteiger partial charge in [0.15, 0.2) is 0 Å². The molecule has 1 aliphatic rings. The van der Waals surface area contributed by atoms with Gasteiger partial charge in [0.05, 0.1) is 12.7 Å². The summed E-state index contributed by atoms with van der Waals surface area (Å²) < 4.78 is 5.65. The maximum atomic E-state index is 5.65. The lowest BCUT2D eigenvalue weighted by molar-refractivity contribution is -0.0526. The van der Waals surface area contributed by atoms with E-state index in [-0.39, 0.29) is 0 Å². The van der Waals surface area contributed by atoms with E-state index in [4.69, 9.17) is 4.74 Å². The Kier molecular flexibility index (Phi) is 5.16. The van der Waals surface area contributed by atoms with Crippen LogP contribution < -0.4 is 5.32 Å². The van der Waals surface area contributed by atoms with Crippen molar-refractivity contribution in [1.82, 2.24) is 9.88 Å². The molecule has 1 aromatic heterocycles. The van der Waals surface area contributed by atoms with Crippen LogP contribution in [0, 0.1) is 0 Å². The van der Waals surface area contributed by atoms with Crippen molar-refractivity contribution in [2.24, 2.45) is 0 Å². The molecule has 0 amide bonds. The summed E-state index contributed by atoms with van der Waals surface area (Å²) in [5, 5.41) is 3.30. The number of hydrogen-bond donors (Lipinski definition) is 1. The molecular weight excluding hydrogens is 238 g/mol. The van der Waals surface area contributed by atoms with Gasteiger partial charge < -0.3 is 10.1 Å². The van der Waals surface area contributed by atoms with E-state index in [1.54, 1.807) is 0 Å². The molecule has 0 saturated carbocycles. The monoisotopic (exact) mass is 263 g/mol. The predicted molar refractivity (Wildman–Crippen MR) is 78.3 cm³/mol. The number of aromatic nitrogens is 1. The Balaban J connectivity index is 1.91. The molecule has 1 N–H and O–H groups in total. The number of nitrogens with zero attached hydrogens (tertiary/aromatic N) is 2. The van der Waals surface area contributed by atoms with Gasteiger partial charge in [-0.2, -0.15) is 0 Å². The van der Waals surface area contributed by atoms with Gasteiger partial charge in [0.2, 0.25) is 0 Å². The van der Waals surface area contributed by atoms with Gasteiger partial charge in [-0.3, -0.25) is 4.90 Å². The Labute approximate surface area is 116 Å². The topological polar surface area (TPSA) is 37.4 Å². The molecule has 0 aromatic carbocycles. The predicted octanol–water partition coefficient (Wildman–Crippen LogP) is 2.51. The third kappa shape index (κ3) is 4.18. The summed E-state index contributed by atoms with van der Waals surface area (Å²) in [6.45, 7) is 10.3. The molecule has 2 atom stereocenters. The van der Waals surface area contributed by atoms with Crippen molar-refractivity contribution >= 4 is 5.82 Å². The fourth-order valence-electron chi connectivity index (χ4n) is 2.30. The molecule has 1 fully saturated rings. The first-order chi connectivity index (χ1) is 9.19. The van der Waals surface area contributed by atoms with Crippen LogP contribution in [-0.4, -0.2) is 41.7 Å². The first-order valence-corrected chi connectivity index (χ1v) is 7.23. The van der Waals surface area contributed by atoms with Gasteiger partial charge in [0.1, 0.15) is 5.82 Å². The van der Waals surface area contributed by atoms with Crippen LogP contribution in [0.4, 0.5) is 5.82 Å². The van der Waals surface area contributed by atoms with E-state index < -0.39 is 0 Å². The van der Waals surface area contributed by atoms with Gasteiger partial charge >= 0.3 is 0 Å². The zero-order valence-corrected chi connectivity index (χ0v) is 12.2. The number of ether oxygens (including phenoxy) is 1. The number of morpholine rings is 1. The van der Waals surface area contributed by atoms with Gasteiger partial charge in [-0.25, -0.2) is 4.98 Å². The van der Waals surface area contributed by atoms with Crippen LogP contribution >= 0.6 is 0 Å². The molecule has 106 valence electrons. The van der Waals surface area contributed by atoms with E-state index in [0.717, 1.165) is 38.5 Å². The second-order valence-electron chi connectivity index (χ2n) is 5.40. The van der Waals surface area contributed by atoms with Gasteiger partial charge in [-0.1, -0.05) is 13.0 Å². The van der Waals surface area contributed by atoms with Gasteiger partial charge in [-0.05, 0) is 31.9 Å². The highest BCUT2D eigenvalue weighted by atomic mass is 16.5. The number of nitrogens with one attached hydrogen (secondary N) is 1. The van der Waals surface area contributed by atoms with Crippen LogP contribution in [0.2, 0.25) is 0 Å². The highest BCUT2D eigenvalue weighted by Crippen LogP contribution is 2.15. The second-order valence-corrected chi connectivity index (χ2v) is 5.40. The van der Waals surface area contributed by atoms with Crippen molar-refractivity contribution in [3.05, 3.63) is 23.9 Å². The van der Waals surface area contributed by atoms with Gasteiger partial charge in [0.25, 0.3) is 0 Å². The molecule has 1 saturated heterocycles. The van der Waals surface area contributed by atoms with Crippen molar-refractivity contribution in [3.8, 4) is 0 Å². The molecule has 2 rings (SSSR count). The SMILES string of the molecule is CCCNc1ccc(CN2CC(C)OCC2C)cn1. The largest absolute Gasteiger partial charge is 0.376 e. The van der Waals surface area contributed by atoms with Crippen molar-refractivity contribution < 1.29 is 4.74 Å². The van der Waals surface area contributed by atoms with Crippen LogP contribution in [-0.2, 0) is 11.3 Å². The minimum atomic E-state index is 0.328. The zero-order valence-electron chi connectivity index (χ0n) is 12.2. The summed E-state index contributed by atoms with van der Waals surface area (Å²) in [7, 11) is 0. The first-order valence-electron chi connectivity index (χ1n) is 7.23. The van der Waals surface area contributed by atoms with Crippen LogP contribution in [0.1, 0.15) is 32.8 Å². The fourth-order valence-corrected chi connectivity index (χ4v) is 2.30. The van der Waals surface area contributed by atoms with Crippen LogP contribution in [0.3, 0.4) is 0 Å². The van der Waals surface area contributed by atoms with Gasteiger partial charge in [-0.15, -0.1) is 0 Å². The normalized spacial score (nSPS) is 24.4. The molecule has 1 aromatic rings. The summed E-state index contributed by atoms with van der Waals surface area (Å²) in [5.74, 6) is 0.967. The average Bonchev–Trinajstić information content (AvgIpc) is 2.42. The lowest BCUT2D eigenvalue weighted by Crippen LogP contribution is -2.46. The summed E-state index contributed by atoms with van der Waals surface area (Å²) in [6.07, 6.45) is 3.42. The zero-order chi connectivity index (χ0) is 13.7. The molecule has 4 nitrogen and oxygen atoms in total. The summed E-state index contributed by atoms with van der Waals surface area (Å²) in [5.41, 5.74) is 1.27. The Morgan fingerprint density at radius 2 is 2.26 bits per heavy atom. The summed E-state index contributed by atoms with van der Waals surface area (Å²) in [4.78, 5) is 6.92. The van der Waals surface area contributed by atoms with Crippen LogP contribution in [0.5, 0.6) is 0 Å². The highest BCUT2D eigenvalue weighted by Gasteiger charge is 2.23. The van der Waals surface area contributed by atoms with Crippen molar-refractivity contribution in [2.75, 3.05) is 25.0 Å². The highest BCUT2D eigenvalue weighted by molar-refractivity contribution is 5.35. The summed E-state index contributed by atoms with van der Waals surface area (Å²) in [6, 6.07) is 4.71. The standard InChI is InChI=1S/C15H25N3O/c1-4-7-16-15-6-5-14(8-17-15)10-18-9-13(3)19-11-12(18)2/h5-6,8,12-13H,4,7,9-11H2,1-3H3,(H,16,17). The number of pyridine rings is 1. The minimum absolute atomic E-state index is 0.328. The molecule has 0 bridgehead atoms. The average molecular weight is 263 g/mol. The number of anilines is 1. The van der Waals surface area contributed by atoms with E-state index in [2.05, 4.69) is 48.1 Å². The quantitative estimate of drug-likeness (QED) is 0.885. The fraction of sp³-hybridized carbons (Fsp3) is 0.667. The van der Waals surface area contributed by atoms with E-state index in [1.807, 2.05) is 6.20 Å². The van der Waals surface area contributed by atoms with Crippen LogP contribution in [0.25, 0.3) is 0 Å². The van der Waals surface area contributed by atoms with Crippen molar-refractivity contribution in [1.29, 1.82) is 0 Å². The molecule has 2 unspecified atom stereocenters. The second kappa shape index (κ2) is 6.87. The maximum Gasteiger partial charge on any atom is 0.125 e. The lowest BCUT2D eigenvalue weighted by atomic mass is 10.1. The summed E-state index contributed by atoms with van der Waals surface area (Å²) >= 11 is 0. The molecule has 0 radical (unpaired) electrons. The van der Waals surface area contributed by atoms with Gasteiger partial charge in [0, 0.05) is 31.9 Å². The minimum Gasteiger partial charge on any atom is -0.376 e. The first kappa shape index (κ1) is 14.3. The van der Waals surface area contributed by atoms with Crippen molar-refractivity contribution in [2.45, 2.75) is 45.9 Å². The smallest absolute Gasteiger partial charge is 0.125 e. The Bertz CT molecular complexity index is 379. The Hall–Kier alpha value is -1.13. The van der Waals surface area contributed by atoms with Crippen molar-refractivity contribution in [3.63, 3.8) is 0 Å². The molecule has 2 heterocycles. The molecule has 19 heavy (non-hydrogen) atoms. The van der Waals surface area contributed by atoms with E-state index in [1.165, 1.54) is 5.56 Å². The molecule has 1 aliphatic heterocycles. The number of hydrogen-bond acceptors (Lipinski definition) is 4. The van der Waals surface area contributed by atoms with Crippen LogP contribution in [0.15, 0.2) is 18.3 Å². The Morgan fingerprint density at radius 1 is 1.42 bits per heavy atom. The number of rotatable bonds is 5. The van der Waals surface area contributed by atoms with E-state index in [0.29, 0.717) is 12.1 Å². The maximum absolute atomic E-state index is 5.65. The molecule has 0 spiro atoms. The molecule has 0 aliphatic carbocycles. The molecular formula is C15H25N3O. The third-order valence-corrected chi connectivity index (χ3v) is 3.50. The molecule has 4 heteroatoms. The lowest BCUT2D eigenvalue weighted by Gasteiger charge is -2.36.